The summed E-state index contributed by atoms with van der Waals surface area (Å²) in [5, 5.41) is 11.0. The number of hydrogen-bond donors (Lipinski definition) is 2. The summed E-state index contributed by atoms with van der Waals surface area (Å²) in [5.41, 5.74) is 0. The Morgan fingerprint density at radius 2 is 2.40 bits per heavy atom. The molecule has 60 valence electrons. The van der Waals surface area contributed by atoms with Crippen LogP contribution in [0.15, 0.2) is 0 Å². The Labute approximate surface area is 60.2 Å². The Bertz CT molecular complexity index is 105. The Morgan fingerprint density at radius 3 is 2.80 bits per heavy atom. The fraction of sp³-hybridized carbons (Fsp3) is 0.833. The van der Waals surface area contributed by atoms with E-state index in [1.54, 1.807) is 6.92 Å². The lowest BCUT2D eigenvalue weighted by atomic mass is 10.3. The van der Waals surface area contributed by atoms with Crippen LogP contribution < -0.4 is 5.32 Å². The first kappa shape index (κ1) is 9.39. The van der Waals surface area contributed by atoms with Crippen molar-refractivity contribution in [2.24, 2.45) is 0 Å². The first-order valence-corrected chi connectivity index (χ1v) is 3.10. The molecule has 0 saturated carbocycles. The number of ether oxygens (including phenoxy) is 1. The van der Waals surface area contributed by atoms with Gasteiger partial charge in [0.2, 0.25) is 5.91 Å². The summed E-state index contributed by atoms with van der Waals surface area (Å²) in [5.74, 6) is -0.205. The number of methoxy groups -OCH3 is 1. The van der Waals surface area contributed by atoms with Crippen molar-refractivity contribution in [1.82, 2.24) is 5.32 Å². The molecule has 0 unspecified atom stereocenters. The van der Waals surface area contributed by atoms with Gasteiger partial charge in [-0.1, -0.05) is 0 Å². The van der Waals surface area contributed by atoms with Gasteiger partial charge in [0.1, 0.15) is 6.61 Å². The molecule has 0 aromatic rings. The highest BCUT2D eigenvalue weighted by molar-refractivity contribution is 5.77. The number of amides is 1. The molecule has 0 saturated heterocycles. The Hall–Kier alpha value is -0.610. The standard InChI is InChI=1S/C6H13NO3/c1-5(3-8)7-6(9)4-10-2/h5,8H,3-4H2,1-2H3,(H,7,9)/t5-/m1/s1. The van der Waals surface area contributed by atoms with Gasteiger partial charge < -0.3 is 15.2 Å². The van der Waals surface area contributed by atoms with Crippen molar-refractivity contribution < 1.29 is 14.6 Å². The number of nitrogens with one attached hydrogen (secondary N) is 1. The summed E-state index contributed by atoms with van der Waals surface area (Å²) < 4.78 is 4.56. The van der Waals surface area contributed by atoms with Gasteiger partial charge in [-0.25, -0.2) is 0 Å². The van der Waals surface area contributed by atoms with Gasteiger partial charge in [0.25, 0.3) is 0 Å². The smallest absolute Gasteiger partial charge is 0.246 e. The first-order valence-electron chi connectivity index (χ1n) is 3.10. The molecule has 0 aliphatic carbocycles. The van der Waals surface area contributed by atoms with Crippen LogP contribution in [0.3, 0.4) is 0 Å². The van der Waals surface area contributed by atoms with Crippen molar-refractivity contribution in [3.05, 3.63) is 0 Å². The summed E-state index contributed by atoms with van der Waals surface area (Å²) in [7, 11) is 1.45. The van der Waals surface area contributed by atoms with Crippen molar-refractivity contribution >= 4 is 5.91 Å². The van der Waals surface area contributed by atoms with E-state index >= 15 is 0 Å². The number of carbonyl (C=O) groups is 1. The summed E-state index contributed by atoms with van der Waals surface area (Å²) in [4.78, 5) is 10.7. The number of aliphatic hydroxyl groups is 1. The lowest BCUT2D eigenvalue weighted by molar-refractivity contribution is -0.125. The zero-order valence-electron chi connectivity index (χ0n) is 6.26. The lowest BCUT2D eigenvalue weighted by Gasteiger charge is -2.09. The van der Waals surface area contributed by atoms with Gasteiger partial charge in [-0.05, 0) is 6.92 Å². The zero-order valence-corrected chi connectivity index (χ0v) is 6.26. The minimum Gasteiger partial charge on any atom is -0.394 e. The van der Waals surface area contributed by atoms with E-state index in [-0.39, 0.29) is 25.2 Å². The molecule has 1 amide bonds. The van der Waals surface area contributed by atoms with Gasteiger partial charge in [0.15, 0.2) is 0 Å². The van der Waals surface area contributed by atoms with Gasteiger partial charge in [0, 0.05) is 13.2 Å². The molecule has 4 nitrogen and oxygen atoms in total. The molecular formula is C6H13NO3. The molecule has 0 heterocycles. The fourth-order valence-corrected chi connectivity index (χ4v) is 0.493. The van der Waals surface area contributed by atoms with E-state index in [1.165, 1.54) is 7.11 Å². The van der Waals surface area contributed by atoms with E-state index in [0.717, 1.165) is 0 Å². The molecule has 0 aromatic carbocycles. The lowest BCUT2D eigenvalue weighted by Crippen LogP contribution is -2.37. The third-order valence-corrected chi connectivity index (χ3v) is 0.957. The van der Waals surface area contributed by atoms with E-state index in [0.29, 0.717) is 0 Å². The molecule has 0 aromatic heterocycles. The molecule has 0 rings (SSSR count). The van der Waals surface area contributed by atoms with Crippen molar-refractivity contribution in [2.45, 2.75) is 13.0 Å². The number of rotatable bonds is 4. The van der Waals surface area contributed by atoms with E-state index in [2.05, 4.69) is 10.1 Å². The molecule has 0 aliphatic heterocycles. The molecule has 10 heavy (non-hydrogen) atoms. The summed E-state index contributed by atoms with van der Waals surface area (Å²) in [6, 6.07) is -0.192. The van der Waals surface area contributed by atoms with Gasteiger partial charge in [-0.15, -0.1) is 0 Å². The Morgan fingerprint density at radius 1 is 1.80 bits per heavy atom. The highest BCUT2D eigenvalue weighted by Gasteiger charge is 2.03. The van der Waals surface area contributed by atoms with Crippen LogP contribution in [-0.2, 0) is 9.53 Å². The molecule has 4 heteroatoms. The molecule has 0 bridgehead atoms. The maximum Gasteiger partial charge on any atom is 0.246 e. The molecular weight excluding hydrogens is 134 g/mol. The third-order valence-electron chi connectivity index (χ3n) is 0.957. The van der Waals surface area contributed by atoms with Crippen LogP contribution >= 0.6 is 0 Å². The molecule has 2 N–H and O–H groups in total. The maximum absolute atomic E-state index is 10.7. The number of aliphatic hydroxyl groups excluding tert-OH is 1. The number of hydrogen-bond acceptors (Lipinski definition) is 3. The monoisotopic (exact) mass is 147 g/mol. The normalized spacial score (nSPS) is 12.7. The summed E-state index contributed by atoms with van der Waals surface area (Å²) in [6.07, 6.45) is 0. The second-order valence-corrected chi connectivity index (χ2v) is 2.08. The zero-order chi connectivity index (χ0) is 7.98. The topological polar surface area (TPSA) is 58.6 Å². The van der Waals surface area contributed by atoms with Crippen LogP contribution in [0.2, 0.25) is 0 Å². The largest absolute Gasteiger partial charge is 0.394 e. The molecule has 0 fully saturated rings. The summed E-state index contributed by atoms with van der Waals surface area (Å²) >= 11 is 0. The van der Waals surface area contributed by atoms with E-state index < -0.39 is 0 Å². The third kappa shape index (κ3) is 4.29. The molecule has 0 spiro atoms. The molecule has 1 atom stereocenters. The van der Waals surface area contributed by atoms with E-state index in [1.807, 2.05) is 0 Å². The second-order valence-electron chi connectivity index (χ2n) is 2.08. The molecule has 0 radical (unpaired) electrons. The predicted molar refractivity (Wildman–Crippen MR) is 36.6 cm³/mol. The average Bonchev–Trinajstić information content (AvgIpc) is 1.88. The van der Waals surface area contributed by atoms with Crippen LogP contribution in [0, 0.1) is 0 Å². The predicted octanol–water partition coefficient (Wildman–Crippen LogP) is -0.870. The highest BCUT2D eigenvalue weighted by Crippen LogP contribution is 1.78. The quantitative estimate of drug-likeness (QED) is 0.543. The summed E-state index contributed by atoms with van der Waals surface area (Å²) in [6.45, 7) is 1.72. The minimum absolute atomic E-state index is 0.0460. The Kier molecular flexibility index (Phi) is 4.88. The minimum atomic E-state index is -0.205. The van der Waals surface area contributed by atoms with Crippen LogP contribution in [0.1, 0.15) is 6.92 Å². The van der Waals surface area contributed by atoms with E-state index in [4.69, 9.17) is 5.11 Å². The van der Waals surface area contributed by atoms with Crippen molar-refractivity contribution in [1.29, 1.82) is 0 Å². The van der Waals surface area contributed by atoms with Crippen molar-refractivity contribution in [3.8, 4) is 0 Å². The highest BCUT2D eigenvalue weighted by atomic mass is 16.5. The Balaban J connectivity index is 3.37. The van der Waals surface area contributed by atoms with E-state index in [9.17, 15) is 4.79 Å². The molecule has 0 aliphatic rings. The SMILES string of the molecule is COCC(=O)N[C@H](C)CO. The van der Waals surface area contributed by atoms with Crippen LogP contribution in [0.25, 0.3) is 0 Å². The van der Waals surface area contributed by atoms with Gasteiger partial charge in [-0.3, -0.25) is 4.79 Å². The number of carbonyl (C=O) groups excluding carboxylic acids is 1. The maximum atomic E-state index is 10.7. The van der Waals surface area contributed by atoms with Crippen LogP contribution in [0.4, 0.5) is 0 Å². The average molecular weight is 147 g/mol. The van der Waals surface area contributed by atoms with Crippen molar-refractivity contribution in [2.75, 3.05) is 20.3 Å². The van der Waals surface area contributed by atoms with Gasteiger partial charge in [0.05, 0.1) is 6.61 Å². The first-order chi connectivity index (χ1) is 4.70. The van der Waals surface area contributed by atoms with Gasteiger partial charge >= 0.3 is 0 Å². The van der Waals surface area contributed by atoms with Crippen LogP contribution in [-0.4, -0.2) is 37.4 Å². The van der Waals surface area contributed by atoms with Gasteiger partial charge in [-0.2, -0.15) is 0 Å². The fourth-order valence-electron chi connectivity index (χ4n) is 0.493. The van der Waals surface area contributed by atoms with Crippen LogP contribution in [0.5, 0.6) is 0 Å². The van der Waals surface area contributed by atoms with Crippen molar-refractivity contribution in [3.63, 3.8) is 0 Å². The second kappa shape index (κ2) is 5.20.